The minimum absolute atomic E-state index is 0.890. The molecule has 296 valence electrons. The van der Waals surface area contributed by atoms with E-state index in [1.165, 1.54) is 44.1 Å². The zero-order valence-electron chi connectivity index (χ0n) is 34.4. The third kappa shape index (κ3) is 6.55. The van der Waals surface area contributed by atoms with E-state index < -0.39 is 0 Å². The van der Waals surface area contributed by atoms with Gasteiger partial charge in [0.05, 0.1) is 11.0 Å². The molecule has 3 nitrogen and oxygen atoms in total. The van der Waals surface area contributed by atoms with Crippen LogP contribution in [-0.4, -0.2) is 4.57 Å². The summed E-state index contributed by atoms with van der Waals surface area (Å²) >= 11 is 0. The van der Waals surface area contributed by atoms with Gasteiger partial charge in [0.2, 0.25) is 0 Å². The summed E-state index contributed by atoms with van der Waals surface area (Å²) in [6.45, 7) is 0. The van der Waals surface area contributed by atoms with Crippen LogP contribution in [0, 0.1) is 0 Å². The molecular formula is C60H40N2O. The Kier molecular flexibility index (Phi) is 8.83. The van der Waals surface area contributed by atoms with Gasteiger partial charge in [-0.05, 0) is 123 Å². The molecule has 0 radical (unpaired) electrons. The van der Waals surface area contributed by atoms with E-state index in [1.807, 2.05) is 12.1 Å². The molecule has 0 aliphatic rings. The number of hydrogen-bond donors (Lipinski definition) is 0. The maximum Gasteiger partial charge on any atom is 0.136 e. The molecule has 10 aromatic carbocycles. The number of hydrogen-bond acceptors (Lipinski definition) is 2. The summed E-state index contributed by atoms with van der Waals surface area (Å²) in [7, 11) is 0. The Bertz CT molecular complexity index is 3550. The van der Waals surface area contributed by atoms with E-state index in [2.05, 4.69) is 240 Å². The van der Waals surface area contributed by atoms with Crippen LogP contribution in [0.4, 0.5) is 17.1 Å². The highest BCUT2D eigenvalue weighted by atomic mass is 16.3. The standard InChI is InChI=1S/C60H40N2O/c1-2-12-41(13-3-1)42-24-26-43(27-25-42)44-28-33-49(34-29-44)61(51-16-11-15-47(39-51)48-32-37-56-55-20-6-9-23-59(55)63-60(56)40-48)50-35-30-45(31-36-50)46-14-10-17-52(38-46)62-57-21-7-4-18-53(57)54-19-5-8-22-58(54)62/h1-40H. The molecule has 0 aliphatic heterocycles. The first kappa shape index (κ1) is 36.5. The molecule has 0 spiro atoms. The summed E-state index contributed by atoms with van der Waals surface area (Å²) in [6.07, 6.45) is 0. The van der Waals surface area contributed by atoms with Crippen LogP contribution in [0.2, 0.25) is 0 Å². The van der Waals surface area contributed by atoms with Gasteiger partial charge >= 0.3 is 0 Å². The van der Waals surface area contributed by atoms with Crippen molar-refractivity contribution in [2.24, 2.45) is 0 Å². The second-order valence-corrected chi connectivity index (χ2v) is 16.2. The molecule has 0 unspecified atom stereocenters. The Labute approximate surface area is 366 Å². The molecular weight excluding hydrogens is 765 g/mol. The van der Waals surface area contributed by atoms with Gasteiger partial charge in [-0.1, -0.05) is 164 Å². The van der Waals surface area contributed by atoms with Gasteiger partial charge in [0, 0.05) is 44.3 Å². The van der Waals surface area contributed by atoms with Crippen molar-refractivity contribution in [2.45, 2.75) is 0 Å². The number of para-hydroxylation sites is 3. The van der Waals surface area contributed by atoms with Crippen molar-refractivity contribution in [3.8, 4) is 50.2 Å². The number of aromatic nitrogens is 1. The van der Waals surface area contributed by atoms with E-state index in [9.17, 15) is 0 Å². The van der Waals surface area contributed by atoms with Crippen molar-refractivity contribution >= 4 is 60.8 Å². The van der Waals surface area contributed by atoms with Crippen LogP contribution in [-0.2, 0) is 0 Å². The lowest BCUT2D eigenvalue weighted by Crippen LogP contribution is -2.10. The van der Waals surface area contributed by atoms with Gasteiger partial charge in [-0.3, -0.25) is 0 Å². The molecule has 63 heavy (non-hydrogen) atoms. The maximum absolute atomic E-state index is 6.31. The minimum Gasteiger partial charge on any atom is -0.456 e. The minimum atomic E-state index is 0.890. The summed E-state index contributed by atoms with van der Waals surface area (Å²) in [5.74, 6) is 0. The van der Waals surface area contributed by atoms with Crippen LogP contribution in [0.15, 0.2) is 247 Å². The average Bonchev–Trinajstić information content (AvgIpc) is 3.91. The highest BCUT2D eigenvalue weighted by Crippen LogP contribution is 2.40. The monoisotopic (exact) mass is 804 g/mol. The molecule has 2 heterocycles. The number of fused-ring (bicyclic) bond motifs is 6. The molecule has 0 atom stereocenters. The quantitative estimate of drug-likeness (QED) is 0.153. The van der Waals surface area contributed by atoms with E-state index in [-0.39, 0.29) is 0 Å². The van der Waals surface area contributed by atoms with Crippen molar-refractivity contribution in [3.05, 3.63) is 243 Å². The van der Waals surface area contributed by atoms with Gasteiger partial charge < -0.3 is 13.9 Å². The lowest BCUT2D eigenvalue weighted by molar-refractivity contribution is 0.669. The van der Waals surface area contributed by atoms with Crippen LogP contribution < -0.4 is 4.90 Å². The number of rotatable bonds is 8. The molecule has 12 rings (SSSR count). The Morgan fingerprint density at radius 2 is 0.714 bits per heavy atom. The molecule has 0 amide bonds. The number of nitrogens with zero attached hydrogens (tertiary/aromatic N) is 2. The summed E-state index contributed by atoms with van der Waals surface area (Å²) in [6, 6.07) is 87.1. The molecule has 2 aromatic heterocycles. The Morgan fingerprint density at radius 1 is 0.270 bits per heavy atom. The van der Waals surface area contributed by atoms with Gasteiger partial charge in [0.25, 0.3) is 0 Å². The fourth-order valence-electron chi connectivity index (χ4n) is 9.29. The van der Waals surface area contributed by atoms with Gasteiger partial charge in [-0.2, -0.15) is 0 Å². The van der Waals surface area contributed by atoms with E-state index in [4.69, 9.17) is 4.42 Å². The predicted molar refractivity (Wildman–Crippen MR) is 264 cm³/mol. The lowest BCUT2D eigenvalue weighted by Gasteiger charge is -2.26. The molecule has 0 aliphatic carbocycles. The van der Waals surface area contributed by atoms with Gasteiger partial charge in [0.15, 0.2) is 0 Å². The number of anilines is 3. The third-order valence-electron chi connectivity index (χ3n) is 12.4. The summed E-state index contributed by atoms with van der Waals surface area (Å²) in [5, 5.41) is 4.78. The summed E-state index contributed by atoms with van der Waals surface area (Å²) in [5.41, 5.74) is 17.9. The first-order valence-electron chi connectivity index (χ1n) is 21.5. The summed E-state index contributed by atoms with van der Waals surface area (Å²) in [4.78, 5) is 2.35. The SMILES string of the molecule is c1ccc(-c2ccc(-c3ccc(N(c4ccc(-c5cccc(-n6c7ccccc7c7ccccc76)c5)cc4)c4cccc(-c5ccc6c(c5)oc5ccccc56)c4)cc3)cc2)cc1. The third-order valence-corrected chi connectivity index (χ3v) is 12.4. The van der Waals surface area contributed by atoms with Crippen molar-refractivity contribution in [2.75, 3.05) is 4.90 Å². The van der Waals surface area contributed by atoms with Gasteiger partial charge in [0.1, 0.15) is 11.2 Å². The highest BCUT2D eigenvalue weighted by Gasteiger charge is 2.17. The second-order valence-electron chi connectivity index (χ2n) is 16.2. The Balaban J connectivity index is 0.919. The van der Waals surface area contributed by atoms with E-state index in [1.54, 1.807) is 0 Å². The van der Waals surface area contributed by atoms with Crippen molar-refractivity contribution < 1.29 is 4.42 Å². The van der Waals surface area contributed by atoms with Crippen LogP contribution in [0.5, 0.6) is 0 Å². The van der Waals surface area contributed by atoms with E-state index >= 15 is 0 Å². The molecule has 12 aromatic rings. The van der Waals surface area contributed by atoms with E-state index in [0.717, 1.165) is 66.9 Å². The van der Waals surface area contributed by atoms with E-state index in [0.29, 0.717) is 0 Å². The van der Waals surface area contributed by atoms with Crippen molar-refractivity contribution in [1.29, 1.82) is 0 Å². The molecule has 0 N–H and O–H groups in total. The average molecular weight is 805 g/mol. The largest absolute Gasteiger partial charge is 0.456 e. The Hall–Kier alpha value is -8.40. The smallest absolute Gasteiger partial charge is 0.136 e. The van der Waals surface area contributed by atoms with Gasteiger partial charge in [-0.15, -0.1) is 0 Å². The topological polar surface area (TPSA) is 21.3 Å². The van der Waals surface area contributed by atoms with Crippen LogP contribution >= 0.6 is 0 Å². The predicted octanol–water partition coefficient (Wildman–Crippen LogP) is 16.8. The zero-order chi connectivity index (χ0) is 41.7. The van der Waals surface area contributed by atoms with Crippen LogP contribution in [0.1, 0.15) is 0 Å². The highest BCUT2D eigenvalue weighted by molar-refractivity contribution is 6.09. The van der Waals surface area contributed by atoms with Crippen molar-refractivity contribution in [3.63, 3.8) is 0 Å². The first-order chi connectivity index (χ1) is 31.2. The molecule has 0 saturated heterocycles. The molecule has 0 bridgehead atoms. The molecule has 0 fully saturated rings. The van der Waals surface area contributed by atoms with Crippen molar-refractivity contribution in [1.82, 2.24) is 4.57 Å². The Morgan fingerprint density at radius 3 is 1.37 bits per heavy atom. The normalized spacial score (nSPS) is 11.5. The first-order valence-corrected chi connectivity index (χ1v) is 21.5. The zero-order valence-corrected chi connectivity index (χ0v) is 34.4. The number of benzene rings is 10. The van der Waals surface area contributed by atoms with Crippen LogP contribution in [0.25, 0.3) is 93.9 Å². The number of furan rings is 1. The van der Waals surface area contributed by atoms with Gasteiger partial charge in [-0.25, -0.2) is 0 Å². The fraction of sp³-hybridized carbons (Fsp3) is 0. The second kappa shape index (κ2) is 15.3. The van der Waals surface area contributed by atoms with Crippen LogP contribution in [0.3, 0.4) is 0 Å². The molecule has 0 saturated carbocycles. The maximum atomic E-state index is 6.31. The fourth-order valence-corrected chi connectivity index (χ4v) is 9.29. The lowest BCUT2D eigenvalue weighted by atomic mass is 9.99. The molecule has 3 heteroatoms. The summed E-state index contributed by atoms with van der Waals surface area (Å²) < 4.78 is 8.69.